The van der Waals surface area contributed by atoms with E-state index in [1.807, 2.05) is 0 Å². The normalized spacial score (nSPS) is 12.7. The molecule has 0 aromatic rings. The van der Waals surface area contributed by atoms with Gasteiger partial charge in [-0.1, -0.05) is 186 Å². The molecule has 0 saturated heterocycles. The van der Waals surface area contributed by atoms with Crippen molar-refractivity contribution in [3.05, 3.63) is 24.3 Å². The highest BCUT2D eigenvalue weighted by Crippen LogP contribution is 2.15. The first-order valence-electron chi connectivity index (χ1n) is 23.3. The SMILES string of the molecule is CCCCCCCCC=CCCCCCCCCOCC(CCCCCCCCN(C)C)OCCCCCCCCC=CCCCCCCCC. The third kappa shape index (κ3) is 45.4. The molecular formula is C48H95NO2. The number of unbranched alkanes of at least 4 members (excludes halogenated alkanes) is 29. The van der Waals surface area contributed by atoms with E-state index < -0.39 is 0 Å². The van der Waals surface area contributed by atoms with Crippen molar-refractivity contribution in [3.8, 4) is 0 Å². The van der Waals surface area contributed by atoms with Gasteiger partial charge >= 0.3 is 0 Å². The van der Waals surface area contributed by atoms with Gasteiger partial charge in [-0.2, -0.15) is 0 Å². The van der Waals surface area contributed by atoms with Gasteiger partial charge in [0.2, 0.25) is 0 Å². The molecule has 0 rings (SSSR count). The first-order chi connectivity index (χ1) is 25.2. The van der Waals surface area contributed by atoms with Crippen molar-refractivity contribution in [1.29, 1.82) is 0 Å². The molecule has 0 spiro atoms. The van der Waals surface area contributed by atoms with Gasteiger partial charge in [0.1, 0.15) is 0 Å². The van der Waals surface area contributed by atoms with E-state index in [9.17, 15) is 0 Å². The largest absolute Gasteiger partial charge is 0.379 e. The molecule has 3 heteroatoms. The molecule has 51 heavy (non-hydrogen) atoms. The summed E-state index contributed by atoms with van der Waals surface area (Å²) in [5, 5.41) is 0. The summed E-state index contributed by atoms with van der Waals surface area (Å²) in [7, 11) is 4.36. The Morgan fingerprint density at radius 2 is 0.745 bits per heavy atom. The van der Waals surface area contributed by atoms with Crippen LogP contribution in [0.4, 0.5) is 0 Å². The molecule has 0 saturated carbocycles. The summed E-state index contributed by atoms with van der Waals surface area (Å²) in [6.07, 6.45) is 57.1. The Labute approximate surface area is 322 Å². The standard InChI is InChI=1S/C48H95NO2/c1-5-7-9-11-13-15-17-19-21-23-25-27-29-33-37-41-45-50-47-48(43-39-35-31-32-36-40-44-49(3)4)51-46-42-38-34-30-28-26-24-22-20-18-16-14-12-10-8-6-2/h19-22,48H,5-18,23-47H2,1-4H3. The molecular weight excluding hydrogens is 623 g/mol. The van der Waals surface area contributed by atoms with Crippen LogP contribution in [-0.4, -0.2) is 51.5 Å². The number of hydrogen-bond donors (Lipinski definition) is 0. The lowest BCUT2D eigenvalue weighted by molar-refractivity contribution is -0.0235. The van der Waals surface area contributed by atoms with Crippen LogP contribution in [0, 0.1) is 0 Å². The molecule has 0 bridgehead atoms. The number of allylic oxidation sites excluding steroid dienone is 4. The second-order valence-corrected chi connectivity index (χ2v) is 16.2. The predicted molar refractivity (Wildman–Crippen MR) is 230 cm³/mol. The van der Waals surface area contributed by atoms with Gasteiger partial charge in [-0.25, -0.2) is 0 Å². The Balaban J connectivity index is 3.91. The van der Waals surface area contributed by atoms with E-state index in [1.54, 1.807) is 0 Å². The van der Waals surface area contributed by atoms with Gasteiger partial charge in [0.05, 0.1) is 12.7 Å². The Bertz CT molecular complexity index is 674. The van der Waals surface area contributed by atoms with Crippen LogP contribution < -0.4 is 0 Å². The van der Waals surface area contributed by atoms with Crippen LogP contribution in [0.25, 0.3) is 0 Å². The van der Waals surface area contributed by atoms with Crippen LogP contribution in [-0.2, 0) is 9.47 Å². The highest BCUT2D eigenvalue weighted by molar-refractivity contribution is 4.82. The summed E-state index contributed by atoms with van der Waals surface area (Å²) >= 11 is 0. The van der Waals surface area contributed by atoms with Crippen molar-refractivity contribution in [2.45, 2.75) is 245 Å². The Morgan fingerprint density at radius 1 is 0.392 bits per heavy atom. The first kappa shape index (κ1) is 50.4. The Hall–Kier alpha value is -0.640. The van der Waals surface area contributed by atoms with Crippen LogP contribution >= 0.6 is 0 Å². The van der Waals surface area contributed by atoms with Gasteiger partial charge in [-0.05, 0) is 97.7 Å². The fourth-order valence-electron chi connectivity index (χ4n) is 6.99. The van der Waals surface area contributed by atoms with Crippen molar-refractivity contribution in [2.24, 2.45) is 0 Å². The zero-order valence-corrected chi connectivity index (χ0v) is 35.7. The summed E-state index contributed by atoms with van der Waals surface area (Å²) in [6.45, 7) is 8.42. The molecule has 0 aromatic carbocycles. The average Bonchev–Trinajstić information content (AvgIpc) is 3.12. The highest BCUT2D eigenvalue weighted by atomic mass is 16.5. The van der Waals surface area contributed by atoms with Crippen molar-refractivity contribution in [2.75, 3.05) is 40.5 Å². The fraction of sp³-hybridized carbons (Fsp3) is 0.917. The molecule has 0 aliphatic carbocycles. The minimum absolute atomic E-state index is 0.288. The summed E-state index contributed by atoms with van der Waals surface area (Å²) in [5.74, 6) is 0. The highest BCUT2D eigenvalue weighted by Gasteiger charge is 2.10. The molecule has 0 fully saturated rings. The summed E-state index contributed by atoms with van der Waals surface area (Å²) in [5.41, 5.74) is 0. The molecule has 0 aliphatic rings. The van der Waals surface area contributed by atoms with E-state index in [-0.39, 0.29) is 6.10 Å². The maximum absolute atomic E-state index is 6.42. The summed E-state index contributed by atoms with van der Waals surface area (Å²) < 4.78 is 12.6. The molecule has 3 nitrogen and oxygen atoms in total. The van der Waals surface area contributed by atoms with Crippen LogP contribution in [0.3, 0.4) is 0 Å². The van der Waals surface area contributed by atoms with Crippen LogP contribution in [0.15, 0.2) is 24.3 Å². The van der Waals surface area contributed by atoms with Gasteiger partial charge in [-0.3, -0.25) is 0 Å². The van der Waals surface area contributed by atoms with Crippen LogP contribution in [0.5, 0.6) is 0 Å². The Morgan fingerprint density at radius 3 is 1.18 bits per heavy atom. The monoisotopic (exact) mass is 718 g/mol. The zero-order chi connectivity index (χ0) is 37.0. The van der Waals surface area contributed by atoms with Crippen LogP contribution in [0.1, 0.15) is 239 Å². The minimum atomic E-state index is 0.288. The van der Waals surface area contributed by atoms with Crippen molar-refractivity contribution in [1.82, 2.24) is 4.90 Å². The maximum atomic E-state index is 6.42. The van der Waals surface area contributed by atoms with Gasteiger partial charge in [0.25, 0.3) is 0 Å². The van der Waals surface area contributed by atoms with E-state index in [0.717, 1.165) is 26.2 Å². The number of ether oxygens (including phenoxy) is 2. The second kappa shape index (κ2) is 45.5. The van der Waals surface area contributed by atoms with Crippen molar-refractivity contribution < 1.29 is 9.47 Å². The van der Waals surface area contributed by atoms with E-state index in [4.69, 9.17) is 9.47 Å². The van der Waals surface area contributed by atoms with E-state index in [0.29, 0.717) is 0 Å². The topological polar surface area (TPSA) is 21.7 Å². The minimum Gasteiger partial charge on any atom is -0.379 e. The van der Waals surface area contributed by atoms with Crippen molar-refractivity contribution in [3.63, 3.8) is 0 Å². The van der Waals surface area contributed by atoms with Gasteiger partial charge in [0.15, 0.2) is 0 Å². The van der Waals surface area contributed by atoms with E-state index in [2.05, 4.69) is 57.1 Å². The molecule has 1 unspecified atom stereocenters. The smallest absolute Gasteiger partial charge is 0.0808 e. The number of hydrogen-bond acceptors (Lipinski definition) is 3. The van der Waals surface area contributed by atoms with Gasteiger partial charge in [-0.15, -0.1) is 0 Å². The third-order valence-electron chi connectivity index (χ3n) is 10.5. The second-order valence-electron chi connectivity index (χ2n) is 16.2. The quantitative estimate of drug-likeness (QED) is 0.0463. The molecule has 0 aliphatic heterocycles. The molecule has 0 heterocycles. The third-order valence-corrected chi connectivity index (χ3v) is 10.5. The lowest BCUT2D eigenvalue weighted by Crippen LogP contribution is -2.21. The molecule has 0 radical (unpaired) electrons. The number of nitrogens with zero attached hydrogens (tertiary/aromatic N) is 1. The summed E-state index contributed by atoms with van der Waals surface area (Å²) in [6, 6.07) is 0. The molecule has 304 valence electrons. The van der Waals surface area contributed by atoms with E-state index in [1.165, 1.54) is 225 Å². The molecule has 1 atom stereocenters. The first-order valence-corrected chi connectivity index (χ1v) is 23.3. The average molecular weight is 718 g/mol. The maximum Gasteiger partial charge on any atom is 0.0808 e. The van der Waals surface area contributed by atoms with E-state index >= 15 is 0 Å². The van der Waals surface area contributed by atoms with Gasteiger partial charge < -0.3 is 14.4 Å². The van der Waals surface area contributed by atoms with Crippen LogP contribution in [0.2, 0.25) is 0 Å². The fourth-order valence-corrected chi connectivity index (χ4v) is 6.99. The van der Waals surface area contributed by atoms with Gasteiger partial charge in [0, 0.05) is 13.2 Å². The molecule has 0 amide bonds. The summed E-state index contributed by atoms with van der Waals surface area (Å²) in [4.78, 5) is 2.30. The lowest BCUT2D eigenvalue weighted by atomic mass is 10.1. The Kier molecular flexibility index (Phi) is 44.9. The number of rotatable bonds is 44. The molecule has 0 N–H and O–H groups in total. The predicted octanol–water partition coefficient (Wildman–Crippen LogP) is 15.8. The zero-order valence-electron chi connectivity index (χ0n) is 35.7. The van der Waals surface area contributed by atoms with Crippen molar-refractivity contribution >= 4 is 0 Å². The molecule has 0 aromatic heterocycles. The lowest BCUT2D eigenvalue weighted by Gasteiger charge is -2.18.